The van der Waals surface area contributed by atoms with E-state index in [1.165, 1.54) is 0 Å². The lowest BCUT2D eigenvalue weighted by molar-refractivity contribution is -0.138. The molecule has 0 aromatic heterocycles. The van der Waals surface area contributed by atoms with Crippen molar-refractivity contribution in [2.75, 3.05) is 36.6 Å². The van der Waals surface area contributed by atoms with Crippen molar-refractivity contribution in [1.29, 1.82) is 0 Å². The number of ether oxygens (including phenoxy) is 2. The molecule has 2 fully saturated rings. The van der Waals surface area contributed by atoms with Crippen LogP contribution < -0.4 is 19.7 Å². The maximum Gasteiger partial charge on any atom is 0.231 e. The second-order valence-electron chi connectivity index (χ2n) is 9.04. The highest BCUT2D eigenvalue weighted by molar-refractivity contribution is 6.01. The molecule has 178 valence electrons. The van der Waals surface area contributed by atoms with Gasteiger partial charge in [-0.25, -0.2) is 0 Å². The number of nitrogens with one attached hydrogen (secondary N) is 1. The summed E-state index contributed by atoms with van der Waals surface area (Å²) in [6.07, 6.45) is 2.28. The maximum atomic E-state index is 13.2. The number of aryl methyl sites for hydroxylation is 1. The zero-order valence-corrected chi connectivity index (χ0v) is 19.3. The minimum Gasteiger partial charge on any atom is -0.454 e. The normalized spacial score (nSPS) is 20.0. The smallest absolute Gasteiger partial charge is 0.231 e. The number of piperidine rings is 1. The van der Waals surface area contributed by atoms with Crippen LogP contribution in [-0.2, 0) is 20.8 Å². The Morgan fingerprint density at radius 2 is 1.79 bits per heavy atom. The molecule has 3 heterocycles. The van der Waals surface area contributed by atoms with Crippen molar-refractivity contribution in [3.8, 4) is 11.5 Å². The molecular weight excluding hydrogens is 434 g/mol. The average molecular weight is 464 g/mol. The van der Waals surface area contributed by atoms with E-state index in [1.54, 1.807) is 23.1 Å². The van der Waals surface area contributed by atoms with Gasteiger partial charge in [0.2, 0.25) is 24.5 Å². The van der Waals surface area contributed by atoms with E-state index in [9.17, 15) is 14.4 Å². The Morgan fingerprint density at radius 1 is 1.03 bits per heavy atom. The molecule has 0 spiro atoms. The van der Waals surface area contributed by atoms with Crippen molar-refractivity contribution < 1.29 is 23.9 Å². The number of likely N-dealkylation sites (tertiary alicyclic amines) is 1. The quantitative estimate of drug-likeness (QED) is 0.736. The van der Waals surface area contributed by atoms with Gasteiger partial charge >= 0.3 is 0 Å². The molecule has 2 aromatic carbocycles. The van der Waals surface area contributed by atoms with Gasteiger partial charge < -0.3 is 24.6 Å². The largest absolute Gasteiger partial charge is 0.454 e. The Balaban J connectivity index is 1.15. The average Bonchev–Trinajstić information content (AvgIpc) is 3.49. The van der Waals surface area contributed by atoms with E-state index in [2.05, 4.69) is 12.2 Å². The van der Waals surface area contributed by atoms with E-state index in [-0.39, 0.29) is 42.8 Å². The van der Waals surface area contributed by atoms with Crippen molar-refractivity contribution >= 4 is 29.1 Å². The molecule has 8 heteroatoms. The number of nitrogens with zero attached hydrogens (tertiary/aromatic N) is 2. The first-order chi connectivity index (χ1) is 16.5. The molecule has 0 saturated carbocycles. The lowest BCUT2D eigenvalue weighted by Gasteiger charge is -2.33. The summed E-state index contributed by atoms with van der Waals surface area (Å²) in [6.45, 7) is 3.71. The van der Waals surface area contributed by atoms with E-state index in [0.29, 0.717) is 49.7 Å². The summed E-state index contributed by atoms with van der Waals surface area (Å²) in [6, 6.07) is 13.2. The second-order valence-corrected chi connectivity index (χ2v) is 9.04. The Labute approximate surface area is 198 Å². The Kier molecular flexibility index (Phi) is 6.13. The van der Waals surface area contributed by atoms with Crippen molar-refractivity contribution in [1.82, 2.24) is 4.90 Å². The monoisotopic (exact) mass is 463 g/mol. The van der Waals surface area contributed by atoms with Crippen LogP contribution in [0.1, 0.15) is 31.7 Å². The lowest BCUT2D eigenvalue weighted by atomic mass is 9.94. The molecule has 1 atom stereocenters. The summed E-state index contributed by atoms with van der Waals surface area (Å²) in [5.41, 5.74) is 2.69. The van der Waals surface area contributed by atoms with Gasteiger partial charge in [-0.1, -0.05) is 25.1 Å². The minimum atomic E-state index is -0.337. The van der Waals surface area contributed by atoms with Gasteiger partial charge in [-0.15, -0.1) is 0 Å². The van der Waals surface area contributed by atoms with Crippen molar-refractivity contribution in [3.05, 3.63) is 48.0 Å². The first-order valence-electron chi connectivity index (χ1n) is 11.9. The number of benzene rings is 2. The van der Waals surface area contributed by atoms with Crippen LogP contribution in [0.3, 0.4) is 0 Å². The van der Waals surface area contributed by atoms with E-state index in [1.807, 2.05) is 29.2 Å². The fraction of sp³-hybridized carbons (Fsp3) is 0.423. The number of anilines is 2. The molecule has 3 aliphatic heterocycles. The van der Waals surface area contributed by atoms with Crippen molar-refractivity contribution in [2.24, 2.45) is 11.8 Å². The molecule has 0 unspecified atom stereocenters. The number of rotatable bonds is 5. The first-order valence-corrected chi connectivity index (χ1v) is 11.9. The summed E-state index contributed by atoms with van der Waals surface area (Å²) in [7, 11) is 0. The number of hydrogen-bond donors (Lipinski definition) is 1. The highest BCUT2D eigenvalue weighted by Gasteiger charge is 2.39. The van der Waals surface area contributed by atoms with Crippen LogP contribution in [0.5, 0.6) is 11.5 Å². The highest BCUT2D eigenvalue weighted by atomic mass is 16.7. The number of para-hydroxylation sites is 1. The number of fused-ring (bicyclic) bond motifs is 1. The predicted molar refractivity (Wildman–Crippen MR) is 127 cm³/mol. The van der Waals surface area contributed by atoms with E-state index in [0.717, 1.165) is 17.7 Å². The van der Waals surface area contributed by atoms with Gasteiger partial charge in [0.15, 0.2) is 11.5 Å². The summed E-state index contributed by atoms with van der Waals surface area (Å²) >= 11 is 0. The fourth-order valence-corrected chi connectivity index (χ4v) is 5.02. The summed E-state index contributed by atoms with van der Waals surface area (Å²) in [5, 5.41) is 2.95. The van der Waals surface area contributed by atoms with Crippen LogP contribution in [0.25, 0.3) is 0 Å². The van der Waals surface area contributed by atoms with Gasteiger partial charge in [0, 0.05) is 49.4 Å². The topological polar surface area (TPSA) is 88.2 Å². The molecule has 3 amide bonds. The van der Waals surface area contributed by atoms with Crippen LogP contribution in [-0.4, -0.2) is 49.0 Å². The Bertz CT molecular complexity index is 1110. The number of carbonyl (C=O) groups excluding carboxylic acids is 3. The SMILES string of the molecule is CCc1ccccc1N1C[C@@H](C(=O)N2CCC(C(=O)Nc3ccc4c(c3)OCO4)CC2)CC1=O. The molecule has 1 N–H and O–H groups in total. The second kappa shape index (κ2) is 9.37. The third-order valence-corrected chi connectivity index (χ3v) is 6.96. The number of hydrogen-bond acceptors (Lipinski definition) is 5. The van der Waals surface area contributed by atoms with Gasteiger partial charge in [-0.2, -0.15) is 0 Å². The lowest BCUT2D eigenvalue weighted by Crippen LogP contribution is -2.44. The van der Waals surface area contributed by atoms with Crippen LogP contribution in [0, 0.1) is 11.8 Å². The standard InChI is InChI=1S/C26H29N3O5/c1-2-17-5-3-4-6-21(17)29-15-19(13-24(29)30)26(32)28-11-9-18(10-12-28)25(31)27-20-7-8-22-23(14-20)34-16-33-22/h3-8,14,18-19H,2,9-13,15-16H2,1H3,(H,27,31)/t19-/m0/s1. The molecule has 34 heavy (non-hydrogen) atoms. The van der Waals surface area contributed by atoms with Crippen LogP contribution in [0.2, 0.25) is 0 Å². The van der Waals surface area contributed by atoms with Gasteiger partial charge in [0.1, 0.15) is 0 Å². The number of carbonyl (C=O) groups is 3. The van der Waals surface area contributed by atoms with Gasteiger partial charge in [-0.05, 0) is 43.0 Å². The van der Waals surface area contributed by atoms with Crippen LogP contribution in [0.4, 0.5) is 11.4 Å². The molecule has 0 aliphatic carbocycles. The first kappa shape index (κ1) is 22.3. The van der Waals surface area contributed by atoms with Gasteiger partial charge in [0.05, 0.1) is 5.92 Å². The third-order valence-electron chi connectivity index (χ3n) is 6.96. The summed E-state index contributed by atoms with van der Waals surface area (Å²) < 4.78 is 10.7. The van der Waals surface area contributed by atoms with Crippen LogP contribution >= 0.6 is 0 Å². The van der Waals surface area contributed by atoms with Gasteiger partial charge in [0.25, 0.3) is 0 Å². The molecular formula is C26H29N3O5. The predicted octanol–water partition coefficient (Wildman–Crippen LogP) is 3.21. The Hall–Kier alpha value is -3.55. The molecule has 2 saturated heterocycles. The third kappa shape index (κ3) is 4.32. The fourth-order valence-electron chi connectivity index (χ4n) is 5.02. The van der Waals surface area contributed by atoms with E-state index < -0.39 is 0 Å². The summed E-state index contributed by atoms with van der Waals surface area (Å²) in [5.74, 6) is 0.761. The maximum absolute atomic E-state index is 13.2. The Morgan fingerprint density at radius 3 is 2.59 bits per heavy atom. The van der Waals surface area contributed by atoms with Crippen molar-refractivity contribution in [2.45, 2.75) is 32.6 Å². The van der Waals surface area contributed by atoms with E-state index in [4.69, 9.17) is 9.47 Å². The molecule has 0 bridgehead atoms. The zero-order valence-electron chi connectivity index (χ0n) is 19.3. The molecule has 3 aliphatic rings. The highest BCUT2D eigenvalue weighted by Crippen LogP contribution is 2.35. The van der Waals surface area contributed by atoms with Crippen molar-refractivity contribution in [3.63, 3.8) is 0 Å². The molecule has 5 rings (SSSR count). The molecule has 8 nitrogen and oxygen atoms in total. The number of amides is 3. The van der Waals surface area contributed by atoms with Gasteiger partial charge in [-0.3, -0.25) is 14.4 Å². The van der Waals surface area contributed by atoms with Crippen LogP contribution in [0.15, 0.2) is 42.5 Å². The molecule has 0 radical (unpaired) electrons. The van der Waals surface area contributed by atoms with E-state index >= 15 is 0 Å². The zero-order chi connectivity index (χ0) is 23.7. The molecule has 2 aromatic rings. The summed E-state index contributed by atoms with van der Waals surface area (Å²) in [4.78, 5) is 42.2. The minimum absolute atomic E-state index is 0.00256.